The average Bonchev–Trinajstić information content (AvgIpc) is 3.24. The molecule has 9 atom stereocenters. The van der Waals surface area contributed by atoms with Crippen LogP contribution in [0.2, 0.25) is 0 Å². The van der Waals surface area contributed by atoms with Crippen molar-refractivity contribution in [2.24, 2.45) is 34.5 Å². The molecule has 1 heterocycles. The fourth-order valence-electron chi connectivity index (χ4n) is 10.4. The number of β-amino-alcohol motifs (C(OH)–C–C–N with tert-alkyl or cyclic N) is 1. The van der Waals surface area contributed by atoms with Gasteiger partial charge < -0.3 is 5.11 Å². The lowest BCUT2D eigenvalue weighted by atomic mass is 9.44. The van der Waals surface area contributed by atoms with Gasteiger partial charge in [-0.05, 0) is 106 Å². The Kier molecular flexibility index (Phi) is 7.71. The number of fused-ring (bicyclic) bond motifs is 5. The lowest BCUT2D eigenvalue weighted by Gasteiger charge is -2.61. The summed E-state index contributed by atoms with van der Waals surface area (Å²) in [7, 11) is -4.38. The van der Waals surface area contributed by atoms with Crippen molar-refractivity contribution in [3.05, 3.63) is 29.8 Å². The fraction of sp³-hybridized carbons (Fsp3) is 0.788. The molecule has 1 saturated heterocycles. The van der Waals surface area contributed by atoms with Gasteiger partial charge in [0.05, 0.1) is 16.1 Å². The zero-order chi connectivity index (χ0) is 31.2. The highest BCUT2D eigenvalue weighted by atomic mass is 32.2. The number of Topliss-reactive ketones (excluding diaryl/α,β-unsaturated/α-hetero) is 1. The van der Waals surface area contributed by atoms with E-state index in [1.807, 2.05) is 6.92 Å². The molecule has 6 nitrogen and oxygen atoms in total. The van der Waals surface area contributed by atoms with E-state index in [1.54, 1.807) is 6.92 Å². The van der Waals surface area contributed by atoms with Crippen molar-refractivity contribution < 1.29 is 31.5 Å². The van der Waals surface area contributed by atoms with Crippen LogP contribution in [-0.2, 0) is 21.0 Å². The van der Waals surface area contributed by atoms with Crippen LogP contribution < -0.4 is 0 Å². The van der Waals surface area contributed by atoms with E-state index in [9.17, 15) is 31.5 Å². The van der Waals surface area contributed by atoms with Crippen molar-refractivity contribution in [1.29, 1.82) is 0 Å². The lowest BCUT2D eigenvalue weighted by Crippen LogP contribution is -2.62. The third kappa shape index (κ3) is 5.10. The highest BCUT2D eigenvalue weighted by molar-refractivity contribution is 7.89. The topological polar surface area (TPSA) is 77.9 Å². The van der Waals surface area contributed by atoms with Crippen LogP contribution in [0.4, 0.5) is 13.2 Å². The van der Waals surface area contributed by atoms with Gasteiger partial charge in [0.2, 0.25) is 10.0 Å². The van der Waals surface area contributed by atoms with E-state index < -0.39 is 38.3 Å². The van der Waals surface area contributed by atoms with Crippen LogP contribution in [0.5, 0.6) is 0 Å². The number of piperazine rings is 1. The predicted octanol–water partition coefficient (Wildman–Crippen LogP) is 6.13. The lowest BCUT2D eigenvalue weighted by molar-refractivity contribution is -0.159. The molecule has 0 aromatic heterocycles. The highest BCUT2D eigenvalue weighted by Crippen LogP contribution is 2.66. The molecule has 240 valence electrons. The van der Waals surface area contributed by atoms with Gasteiger partial charge in [0.15, 0.2) is 0 Å². The van der Waals surface area contributed by atoms with E-state index in [0.717, 1.165) is 57.1 Å². The first-order valence-electron chi connectivity index (χ1n) is 16.2. The summed E-state index contributed by atoms with van der Waals surface area (Å²) in [5.41, 5.74) is -2.02. The van der Waals surface area contributed by atoms with E-state index in [4.69, 9.17) is 0 Å². The molecule has 0 bridgehead atoms. The van der Waals surface area contributed by atoms with Crippen LogP contribution >= 0.6 is 0 Å². The Bertz CT molecular complexity index is 1370. The smallest absolute Gasteiger partial charge is 0.389 e. The van der Waals surface area contributed by atoms with Crippen LogP contribution in [0.15, 0.2) is 29.2 Å². The Morgan fingerprint density at radius 2 is 1.67 bits per heavy atom. The fourth-order valence-corrected chi connectivity index (χ4v) is 12.3. The van der Waals surface area contributed by atoms with Crippen molar-refractivity contribution >= 4 is 15.8 Å². The molecule has 1 aliphatic heterocycles. The zero-order valence-electron chi connectivity index (χ0n) is 25.9. The zero-order valence-corrected chi connectivity index (χ0v) is 26.7. The van der Waals surface area contributed by atoms with Crippen molar-refractivity contribution in [2.45, 2.75) is 114 Å². The number of hydrogen-bond acceptors (Lipinski definition) is 5. The minimum absolute atomic E-state index is 0.0650. The van der Waals surface area contributed by atoms with Gasteiger partial charge in [-0.1, -0.05) is 26.0 Å². The Morgan fingerprint density at radius 3 is 2.40 bits per heavy atom. The molecule has 10 heteroatoms. The summed E-state index contributed by atoms with van der Waals surface area (Å²) in [6, 6.07) is 3.58. The summed E-state index contributed by atoms with van der Waals surface area (Å²) in [6.45, 7) is 9.11. The number of halogens is 3. The third-order valence-corrected chi connectivity index (χ3v) is 14.9. The average molecular weight is 625 g/mol. The van der Waals surface area contributed by atoms with E-state index in [-0.39, 0.29) is 23.4 Å². The first kappa shape index (κ1) is 31.5. The number of hydrogen-bond donors (Lipinski definition) is 1. The van der Waals surface area contributed by atoms with Crippen molar-refractivity contribution in [3.63, 3.8) is 0 Å². The number of ketones is 1. The molecule has 4 aliphatic carbocycles. The SMILES string of the molecule is CC1CN(S(=O)(=O)c2ccccc2C(F)(F)F)C(C)CN1CC1(O)CCC2(C)C(CCC3C4CCC(=O)C4(C)CCC32)C1. The van der Waals surface area contributed by atoms with Crippen LogP contribution in [0.25, 0.3) is 0 Å². The second-order valence-electron chi connectivity index (χ2n) is 15.2. The maximum absolute atomic E-state index is 13.7. The molecule has 1 N–H and O–H groups in total. The van der Waals surface area contributed by atoms with Gasteiger partial charge in [0.1, 0.15) is 5.78 Å². The first-order valence-corrected chi connectivity index (χ1v) is 17.6. The Morgan fingerprint density at radius 1 is 0.953 bits per heavy atom. The Hall–Kier alpha value is -1.49. The first-order chi connectivity index (χ1) is 20.0. The summed E-state index contributed by atoms with van der Waals surface area (Å²) < 4.78 is 69.3. The highest BCUT2D eigenvalue weighted by Gasteiger charge is 2.61. The molecule has 6 rings (SSSR count). The molecular formula is C33H47F3N2O4S. The molecule has 1 aromatic carbocycles. The maximum atomic E-state index is 13.7. The van der Waals surface area contributed by atoms with Crippen LogP contribution in [0.1, 0.15) is 91.0 Å². The molecule has 0 amide bonds. The standard InChI is InChI=1S/C33H47F3N2O4S/c1-21-19-38(43(41,42)28-8-6-5-7-27(28)33(34,35)36)22(2)18-37(21)20-32(40)16-15-30(3)23(17-32)9-10-24-25-11-12-29(39)31(25,4)14-13-26(24)30/h5-8,21-26,40H,9-20H2,1-4H3. The second-order valence-corrected chi connectivity index (χ2v) is 17.1. The van der Waals surface area contributed by atoms with Gasteiger partial charge in [0, 0.05) is 43.6 Å². The molecule has 4 saturated carbocycles. The normalized spacial score (nSPS) is 42.7. The predicted molar refractivity (Wildman–Crippen MR) is 158 cm³/mol. The number of nitrogens with zero attached hydrogens (tertiary/aromatic N) is 2. The van der Waals surface area contributed by atoms with Crippen LogP contribution in [-0.4, -0.2) is 65.8 Å². The largest absolute Gasteiger partial charge is 0.417 e. The molecule has 5 aliphatic rings. The number of carbonyl (C=O) groups is 1. The van der Waals surface area contributed by atoms with E-state index in [1.165, 1.54) is 16.4 Å². The number of carbonyl (C=O) groups excluding carboxylic acids is 1. The van der Waals surface area contributed by atoms with E-state index in [2.05, 4.69) is 18.7 Å². The van der Waals surface area contributed by atoms with E-state index in [0.29, 0.717) is 55.4 Å². The van der Waals surface area contributed by atoms with Gasteiger partial charge in [-0.25, -0.2) is 8.42 Å². The third-order valence-electron chi connectivity index (χ3n) is 12.9. The summed E-state index contributed by atoms with van der Waals surface area (Å²) in [5, 5.41) is 12.0. The minimum atomic E-state index is -4.77. The van der Waals surface area contributed by atoms with Gasteiger partial charge in [-0.15, -0.1) is 0 Å². The summed E-state index contributed by atoms with van der Waals surface area (Å²) in [5.74, 6) is 2.54. The number of aliphatic hydroxyl groups is 1. The van der Waals surface area contributed by atoms with E-state index >= 15 is 0 Å². The molecular weight excluding hydrogens is 577 g/mol. The van der Waals surface area contributed by atoms with Crippen molar-refractivity contribution in [2.75, 3.05) is 19.6 Å². The summed E-state index contributed by atoms with van der Waals surface area (Å²) >= 11 is 0. The van der Waals surface area contributed by atoms with Gasteiger partial charge in [0.25, 0.3) is 0 Å². The number of alkyl halides is 3. The number of rotatable bonds is 4. The quantitative estimate of drug-likeness (QED) is 0.436. The second kappa shape index (κ2) is 10.5. The van der Waals surface area contributed by atoms with Crippen molar-refractivity contribution in [1.82, 2.24) is 9.21 Å². The van der Waals surface area contributed by atoms with Crippen LogP contribution in [0, 0.1) is 34.5 Å². The van der Waals surface area contributed by atoms with Gasteiger partial charge in [-0.2, -0.15) is 17.5 Å². The minimum Gasteiger partial charge on any atom is -0.389 e. The molecule has 0 radical (unpaired) electrons. The summed E-state index contributed by atoms with van der Waals surface area (Å²) in [6.07, 6.45) is 3.59. The molecule has 5 fully saturated rings. The molecule has 43 heavy (non-hydrogen) atoms. The van der Waals surface area contributed by atoms with Gasteiger partial charge in [-0.3, -0.25) is 9.69 Å². The molecule has 1 aromatic rings. The van der Waals surface area contributed by atoms with Crippen LogP contribution in [0.3, 0.4) is 0 Å². The number of benzene rings is 1. The monoisotopic (exact) mass is 624 g/mol. The maximum Gasteiger partial charge on any atom is 0.417 e. The van der Waals surface area contributed by atoms with Gasteiger partial charge >= 0.3 is 6.18 Å². The van der Waals surface area contributed by atoms with Crippen molar-refractivity contribution in [3.8, 4) is 0 Å². The Labute approximate surface area is 254 Å². The molecule has 9 unspecified atom stereocenters. The molecule has 0 spiro atoms. The summed E-state index contributed by atoms with van der Waals surface area (Å²) in [4.78, 5) is 14.2. The Balaban J connectivity index is 1.14. The number of sulfonamides is 1.